The van der Waals surface area contributed by atoms with Gasteiger partial charge in [-0.1, -0.05) is 0 Å². The maximum absolute atomic E-state index is 11.3. The number of ether oxygens (including phenoxy) is 1. The molecule has 0 saturated carbocycles. The molecule has 1 aromatic rings. The molecule has 5 nitrogen and oxygen atoms in total. The molecule has 1 aromatic heterocycles. The number of nitrogens with one attached hydrogen (secondary N) is 1. The van der Waals surface area contributed by atoms with Crippen LogP contribution in [0, 0.1) is 0 Å². The van der Waals surface area contributed by atoms with Gasteiger partial charge in [-0.2, -0.15) is 11.8 Å². The molecule has 0 saturated heterocycles. The van der Waals surface area contributed by atoms with Gasteiger partial charge >= 0.3 is 5.97 Å². The van der Waals surface area contributed by atoms with Crippen molar-refractivity contribution in [3.63, 3.8) is 0 Å². The second-order valence-corrected chi connectivity index (χ2v) is 4.76. The third-order valence-corrected chi connectivity index (χ3v) is 3.25. The zero-order chi connectivity index (χ0) is 13.2. The van der Waals surface area contributed by atoms with Crippen LogP contribution < -0.4 is 5.32 Å². The molecule has 0 atom stereocenters. The summed E-state index contributed by atoms with van der Waals surface area (Å²) in [5.74, 6) is 2.19. The molecule has 1 heterocycles. The topological polar surface area (TPSA) is 71.5 Å². The number of carbonyl (C=O) groups is 1. The van der Waals surface area contributed by atoms with E-state index in [-0.39, 0.29) is 12.6 Å². The Balaban J connectivity index is 2.32. The van der Waals surface area contributed by atoms with Crippen molar-refractivity contribution in [2.45, 2.75) is 6.42 Å². The Morgan fingerprint density at radius 3 is 3.11 bits per heavy atom. The largest absolute Gasteiger partial charge is 0.465 e. The van der Waals surface area contributed by atoms with Gasteiger partial charge in [0.15, 0.2) is 0 Å². The number of aromatic nitrogens is 1. The van der Waals surface area contributed by atoms with Crippen molar-refractivity contribution >= 4 is 23.5 Å². The van der Waals surface area contributed by atoms with Crippen molar-refractivity contribution in [1.82, 2.24) is 4.98 Å². The summed E-state index contributed by atoms with van der Waals surface area (Å²) >= 11 is 1.77. The molecule has 6 heteroatoms. The number of aliphatic hydroxyl groups is 1. The fourth-order valence-corrected chi connectivity index (χ4v) is 2.08. The highest BCUT2D eigenvalue weighted by Gasteiger charge is 2.05. The Morgan fingerprint density at radius 1 is 1.56 bits per heavy atom. The summed E-state index contributed by atoms with van der Waals surface area (Å²) in [6.45, 7) is 1.01. The molecular weight excluding hydrogens is 252 g/mol. The summed E-state index contributed by atoms with van der Waals surface area (Å²) in [6, 6.07) is 3.29. The van der Waals surface area contributed by atoms with Crippen molar-refractivity contribution in [1.29, 1.82) is 0 Å². The van der Waals surface area contributed by atoms with Gasteiger partial charge in [0.05, 0.1) is 12.7 Å². The highest BCUT2D eigenvalue weighted by molar-refractivity contribution is 7.99. The monoisotopic (exact) mass is 270 g/mol. The number of nitrogens with zero attached hydrogens (tertiary/aromatic N) is 1. The molecule has 2 N–H and O–H groups in total. The second kappa shape index (κ2) is 8.77. The minimum atomic E-state index is -0.363. The Hall–Kier alpha value is -1.27. The number of rotatable bonds is 8. The van der Waals surface area contributed by atoms with Gasteiger partial charge in [-0.3, -0.25) is 0 Å². The molecule has 18 heavy (non-hydrogen) atoms. The van der Waals surface area contributed by atoms with Crippen LogP contribution in [-0.4, -0.2) is 47.8 Å². The number of pyridine rings is 1. The molecule has 0 aliphatic carbocycles. The summed E-state index contributed by atoms with van der Waals surface area (Å²) in [4.78, 5) is 15.4. The van der Waals surface area contributed by atoms with Crippen LogP contribution in [0.4, 0.5) is 5.82 Å². The molecule has 0 aliphatic rings. The van der Waals surface area contributed by atoms with Gasteiger partial charge in [-0.15, -0.1) is 0 Å². The molecule has 1 rings (SSSR count). The van der Waals surface area contributed by atoms with E-state index >= 15 is 0 Å². The predicted molar refractivity (Wildman–Crippen MR) is 73.1 cm³/mol. The molecule has 0 aliphatic heterocycles. The smallest absolute Gasteiger partial charge is 0.338 e. The fraction of sp³-hybridized carbons (Fsp3) is 0.500. The van der Waals surface area contributed by atoms with Crippen LogP contribution >= 0.6 is 11.8 Å². The first-order valence-electron chi connectivity index (χ1n) is 5.74. The van der Waals surface area contributed by atoms with E-state index in [1.165, 1.54) is 7.11 Å². The number of aliphatic hydroxyl groups excluding tert-OH is 1. The van der Waals surface area contributed by atoms with E-state index in [4.69, 9.17) is 5.11 Å². The SMILES string of the molecule is COC(=O)c1ccnc(NCCSCCCO)c1. The van der Waals surface area contributed by atoms with Crippen molar-refractivity contribution in [3.05, 3.63) is 23.9 Å². The summed E-state index contributed by atoms with van der Waals surface area (Å²) in [6.07, 6.45) is 2.40. The van der Waals surface area contributed by atoms with Gasteiger partial charge in [0.1, 0.15) is 5.82 Å². The molecule has 100 valence electrons. The van der Waals surface area contributed by atoms with E-state index in [0.29, 0.717) is 11.4 Å². The quantitative estimate of drug-likeness (QED) is 0.549. The van der Waals surface area contributed by atoms with E-state index in [2.05, 4.69) is 15.0 Å². The van der Waals surface area contributed by atoms with Crippen LogP contribution in [0.25, 0.3) is 0 Å². The first-order chi connectivity index (χ1) is 8.77. The summed E-state index contributed by atoms with van der Waals surface area (Å²) < 4.78 is 4.64. The Kier molecular flexibility index (Phi) is 7.20. The number of hydrogen-bond donors (Lipinski definition) is 2. The minimum Gasteiger partial charge on any atom is -0.465 e. The Bertz CT molecular complexity index is 374. The number of esters is 1. The van der Waals surface area contributed by atoms with Gasteiger partial charge < -0.3 is 15.2 Å². The lowest BCUT2D eigenvalue weighted by Gasteiger charge is -2.06. The fourth-order valence-electron chi connectivity index (χ4n) is 1.29. The average molecular weight is 270 g/mol. The van der Waals surface area contributed by atoms with Crippen molar-refractivity contribution in [3.8, 4) is 0 Å². The standard InChI is InChI=1S/C12H18N2O3S/c1-17-12(16)10-3-4-13-11(9-10)14-5-8-18-7-2-6-15/h3-4,9,15H,2,5-8H2,1H3,(H,13,14). The van der Waals surface area contributed by atoms with Gasteiger partial charge in [0.25, 0.3) is 0 Å². The molecule has 0 fully saturated rings. The van der Waals surface area contributed by atoms with Crippen molar-refractivity contribution < 1.29 is 14.6 Å². The first-order valence-corrected chi connectivity index (χ1v) is 6.90. The molecular formula is C12H18N2O3S. The van der Waals surface area contributed by atoms with Gasteiger partial charge in [-0.25, -0.2) is 9.78 Å². The summed E-state index contributed by atoms with van der Waals surface area (Å²) in [5, 5.41) is 11.8. The summed E-state index contributed by atoms with van der Waals surface area (Å²) in [5.41, 5.74) is 0.489. The van der Waals surface area contributed by atoms with E-state index < -0.39 is 0 Å². The summed E-state index contributed by atoms with van der Waals surface area (Å²) in [7, 11) is 1.35. The predicted octanol–water partition coefficient (Wildman–Crippen LogP) is 1.40. The Labute approximate surface area is 111 Å². The zero-order valence-electron chi connectivity index (χ0n) is 10.4. The minimum absolute atomic E-state index is 0.239. The van der Waals surface area contributed by atoms with Crippen molar-refractivity contribution in [2.24, 2.45) is 0 Å². The third kappa shape index (κ3) is 5.37. The van der Waals surface area contributed by atoms with E-state index in [0.717, 1.165) is 24.5 Å². The van der Waals surface area contributed by atoms with Crippen LogP contribution in [-0.2, 0) is 4.74 Å². The molecule has 0 amide bonds. The number of anilines is 1. The highest BCUT2D eigenvalue weighted by Crippen LogP contribution is 2.08. The molecule has 0 aromatic carbocycles. The average Bonchev–Trinajstić information content (AvgIpc) is 2.42. The van der Waals surface area contributed by atoms with E-state index in [1.54, 1.807) is 30.1 Å². The molecule has 0 bridgehead atoms. The van der Waals surface area contributed by atoms with Crippen LogP contribution in [0.5, 0.6) is 0 Å². The number of hydrogen-bond acceptors (Lipinski definition) is 6. The number of thioether (sulfide) groups is 1. The van der Waals surface area contributed by atoms with Gasteiger partial charge in [0, 0.05) is 25.1 Å². The van der Waals surface area contributed by atoms with Crippen LogP contribution in [0.15, 0.2) is 18.3 Å². The lowest BCUT2D eigenvalue weighted by Crippen LogP contribution is -2.08. The van der Waals surface area contributed by atoms with Gasteiger partial charge in [-0.05, 0) is 24.3 Å². The van der Waals surface area contributed by atoms with Crippen molar-refractivity contribution in [2.75, 3.05) is 37.1 Å². The van der Waals surface area contributed by atoms with Crippen LogP contribution in [0.2, 0.25) is 0 Å². The maximum Gasteiger partial charge on any atom is 0.338 e. The van der Waals surface area contributed by atoms with E-state index in [9.17, 15) is 4.79 Å². The molecule has 0 radical (unpaired) electrons. The third-order valence-electron chi connectivity index (χ3n) is 2.18. The zero-order valence-corrected chi connectivity index (χ0v) is 11.2. The first kappa shape index (κ1) is 14.8. The lowest BCUT2D eigenvalue weighted by atomic mass is 10.2. The van der Waals surface area contributed by atoms with Crippen LogP contribution in [0.1, 0.15) is 16.8 Å². The Morgan fingerprint density at radius 2 is 2.39 bits per heavy atom. The maximum atomic E-state index is 11.3. The van der Waals surface area contributed by atoms with Crippen LogP contribution in [0.3, 0.4) is 0 Å². The number of carbonyl (C=O) groups excluding carboxylic acids is 1. The highest BCUT2D eigenvalue weighted by atomic mass is 32.2. The number of methoxy groups -OCH3 is 1. The van der Waals surface area contributed by atoms with Gasteiger partial charge in [0.2, 0.25) is 0 Å². The lowest BCUT2D eigenvalue weighted by molar-refractivity contribution is 0.0600. The normalized spacial score (nSPS) is 10.1. The molecule has 0 spiro atoms. The second-order valence-electron chi connectivity index (χ2n) is 3.54. The van der Waals surface area contributed by atoms with E-state index in [1.807, 2.05) is 0 Å². The molecule has 0 unspecified atom stereocenters.